The molecule has 6 rings (SSSR count). The fraction of sp³-hybridized carbons (Fsp3) is 0.231. The quantitative estimate of drug-likeness (QED) is 0.668. The number of ether oxygens (including phenoxy) is 3. The number of nitrogens with zero attached hydrogens (tertiary/aromatic N) is 1. The molecule has 3 aromatic rings. The fourth-order valence-electron chi connectivity index (χ4n) is 5.01. The molecule has 0 aliphatic carbocycles. The molecule has 2 amide bonds. The summed E-state index contributed by atoms with van der Waals surface area (Å²) in [7, 11) is 0. The standard InChI is InChI=1S/C26H22N2O5/c1-2-16-7-3-5-9-19(16)27-24(29)13-28-20-10-6-4-8-17(20)26(25(28)30)14-31-21-12-23-22(11-18(21)26)32-15-33-23/h3-12H,2,13-15H2,1H3,(H,27,29). The van der Waals surface area contributed by atoms with Crippen molar-refractivity contribution in [2.24, 2.45) is 0 Å². The molecular formula is C26H22N2O5. The van der Waals surface area contributed by atoms with Crippen LogP contribution in [0.1, 0.15) is 23.6 Å². The highest BCUT2D eigenvalue weighted by molar-refractivity contribution is 6.14. The number of aryl methyl sites for hydroxylation is 1. The number of nitrogens with one attached hydrogen (secondary N) is 1. The van der Waals surface area contributed by atoms with Crippen LogP contribution in [0.5, 0.6) is 17.2 Å². The SMILES string of the molecule is CCc1ccccc1NC(=O)CN1C(=O)C2(COc3cc4c(cc32)OCO4)c2ccccc21. The minimum Gasteiger partial charge on any atom is -0.491 e. The van der Waals surface area contributed by atoms with Crippen molar-refractivity contribution >= 4 is 23.2 Å². The van der Waals surface area contributed by atoms with E-state index in [-0.39, 0.29) is 31.8 Å². The highest BCUT2D eigenvalue weighted by Crippen LogP contribution is 2.54. The third-order valence-corrected chi connectivity index (χ3v) is 6.62. The van der Waals surface area contributed by atoms with Gasteiger partial charge < -0.3 is 24.4 Å². The van der Waals surface area contributed by atoms with Crippen LogP contribution in [0.4, 0.5) is 11.4 Å². The van der Waals surface area contributed by atoms with Gasteiger partial charge in [0.2, 0.25) is 18.6 Å². The van der Waals surface area contributed by atoms with E-state index in [1.54, 1.807) is 11.0 Å². The zero-order valence-corrected chi connectivity index (χ0v) is 18.1. The van der Waals surface area contributed by atoms with Gasteiger partial charge >= 0.3 is 0 Å². The van der Waals surface area contributed by atoms with Gasteiger partial charge in [-0.2, -0.15) is 0 Å². The van der Waals surface area contributed by atoms with Crippen molar-refractivity contribution in [3.05, 3.63) is 77.4 Å². The Morgan fingerprint density at radius 2 is 1.73 bits per heavy atom. The number of carbonyl (C=O) groups is 2. The number of rotatable bonds is 4. The lowest BCUT2D eigenvalue weighted by molar-refractivity contribution is -0.124. The van der Waals surface area contributed by atoms with Gasteiger partial charge in [-0.05, 0) is 35.7 Å². The Morgan fingerprint density at radius 1 is 0.970 bits per heavy atom. The van der Waals surface area contributed by atoms with Crippen LogP contribution in [0.2, 0.25) is 0 Å². The lowest BCUT2D eigenvalue weighted by atomic mass is 9.77. The number of amides is 2. The van der Waals surface area contributed by atoms with E-state index in [4.69, 9.17) is 14.2 Å². The van der Waals surface area contributed by atoms with Gasteiger partial charge in [-0.15, -0.1) is 0 Å². The first-order chi connectivity index (χ1) is 16.1. The van der Waals surface area contributed by atoms with Crippen molar-refractivity contribution in [2.75, 3.05) is 30.2 Å². The van der Waals surface area contributed by atoms with Gasteiger partial charge in [0.1, 0.15) is 24.3 Å². The Kier molecular flexibility index (Phi) is 4.33. The zero-order chi connectivity index (χ0) is 22.6. The highest BCUT2D eigenvalue weighted by Gasteiger charge is 2.57. The molecule has 0 fully saturated rings. The van der Waals surface area contributed by atoms with Crippen LogP contribution in [0, 0.1) is 0 Å². The molecule has 7 heteroatoms. The normalized spacial score (nSPS) is 19.4. The summed E-state index contributed by atoms with van der Waals surface area (Å²) in [4.78, 5) is 28.5. The van der Waals surface area contributed by atoms with Gasteiger partial charge in [0.05, 0.1) is 0 Å². The van der Waals surface area contributed by atoms with Crippen LogP contribution in [-0.4, -0.2) is 31.8 Å². The number of hydrogen-bond donors (Lipinski definition) is 1. The average molecular weight is 442 g/mol. The van der Waals surface area contributed by atoms with E-state index in [9.17, 15) is 9.59 Å². The summed E-state index contributed by atoms with van der Waals surface area (Å²) in [6.45, 7) is 2.26. The van der Waals surface area contributed by atoms with E-state index in [1.807, 2.05) is 61.5 Å². The predicted octanol–water partition coefficient (Wildman–Crippen LogP) is 3.64. The van der Waals surface area contributed by atoms with E-state index in [2.05, 4.69) is 5.32 Å². The lowest BCUT2D eigenvalue weighted by Gasteiger charge is -2.23. The van der Waals surface area contributed by atoms with Crippen LogP contribution < -0.4 is 24.4 Å². The van der Waals surface area contributed by atoms with Gasteiger partial charge in [0.15, 0.2) is 11.5 Å². The molecule has 1 spiro atoms. The largest absolute Gasteiger partial charge is 0.491 e. The smallest absolute Gasteiger partial charge is 0.246 e. The molecule has 166 valence electrons. The van der Waals surface area contributed by atoms with Crippen LogP contribution in [0.15, 0.2) is 60.7 Å². The van der Waals surface area contributed by atoms with Gasteiger partial charge in [0, 0.05) is 23.0 Å². The number of anilines is 2. The predicted molar refractivity (Wildman–Crippen MR) is 122 cm³/mol. The maximum absolute atomic E-state index is 14.0. The number of fused-ring (bicyclic) bond motifs is 5. The van der Waals surface area contributed by atoms with Crippen molar-refractivity contribution in [1.82, 2.24) is 0 Å². The Labute approximate surface area is 190 Å². The van der Waals surface area contributed by atoms with Gasteiger partial charge in [-0.25, -0.2) is 0 Å². The molecule has 33 heavy (non-hydrogen) atoms. The van der Waals surface area contributed by atoms with E-state index in [0.717, 1.165) is 34.5 Å². The van der Waals surface area contributed by atoms with E-state index in [1.165, 1.54) is 0 Å². The summed E-state index contributed by atoms with van der Waals surface area (Å²) < 4.78 is 17.0. The molecule has 1 atom stereocenters. The van der Waals surface area contributed by atoms with Crippen molar-refractivity contribution in [3.63, 3.8) is 0 Å². The van der Waals surface area contributed by atoms with Crippen molar-refractivity contribution in [1.29, 1.82) is 0 Å². The summed E-state index contributed by atoms with van der Waals surface area (Å²) in [6.07, 6.45) is 0.801. The van der Waals surface area contributed by atoms with Crippen LogP contribution in [0.25, 0.3) is 0 Å². The van der Waals surface area contributed by atoms with E-state index >= 15 is 0 Å². The molecule has 3 aliphatic rings. The first-order valence-electron chi connectivity index (χ1n) is 11.0. The molecule has 3 aromatic carbocycles. The summed E-state index contributed by atoms with van der Waals surface area (Å²) >= 11 is 0. The Bertz CT molecular complexity index is 1300. The second-order valence-electron chi connectivity index (χ2n) is 8.36. The molecule has 0 bridgehead atoms. The molecule has 7 nitrogen and oxygen atoms in total. The lowest BCUT2D eigenvalue weighted by Crippen LogP contribution is -2.45. The minimum absolute atomic E-state index is 0.0878. The molecular weight excluding hydrogens is 420 g/mol. The Hall–Kier alpha value is -4.00. The maximum atomic E-state index is 14.0. The third-order valence-electron chi connectivity index (χ3n) is 6.62. The Balaban J connectivity index is 1.36. The molecule has 3 heterocycles. The Morgan fingerprint density at radius 3 is 2.58 bits per heavy atom. The molecule has 0 saturated carbocycles. The summed E-state index contributed by atoms with van der Waals surface area (Å²) in [5.74, 6) is 1.37. The molecule has 0 radical (unpaired) electrons. The van der Waals surface area contributed by atoms with Gasteiger partial charge in [-0.3, -0.25) is 9.59 Å². The number of hydrogen-bond acceptors (Lipinski definition) is 5. The monoisotopic (exact) mass is 442 g/mol. The van der Waals surface area contributed by atoms with Crippen LogP contribution >= 0.6 is 0 Å². The number of benzene rings is 3. The number of para-hydroxylation sites is 2. The molecule has 3 aliphatic heterocycles. The zero-order valence-electron chi connectivity index (χ0n) is 18.1. The maximum Gasteiger partial charge on any atom is 0.246 e. The fourth-order valence-corrected chi connectivity index (χ4v) is 5.01. The topological polar surface area (TPSA) is 77.1 Å². The first kappa shape index (κ1) is 19.7. The second kappa shape index (κ2) is 7.27. The van der Waals surface area contributed by atoms with Crippen molar-refractivity contribution < 1.29 is 23.8 Å². The van der Waals surface area contributed by atoms with E-state index in [0.29, 0.717) is 17.2 Å². The van der Waals surface area contributed by atoms with Crippen molar-refractivity contribution in [2.45, 2.75) is 18.8 Å². The average Bonchev–Trinajstić information content (AvgIpc) is 3.51. The van der Waals surface area contributed by atoms with E-state index < -0.39 is 5.41 Å². The third kappa shape index (κ3) is 2.81. The van der Waals surface area contributed by atoms with Crippen LogP contribution in [-0.2, 0) is 21.4 Å². The highest BCUT2D eigenvalue weighted by atomic mass is 16.7. The van der Waals surface area contributed by atoms with Crippen molar-refractivity contribution in [3.8, 4) is 17.2 Å². The molecule has 1 unspecified atom stereocenters. The van der Waals surface area contributed by atoms with Gasteiger partial charge in [0.25, 0.3) is 0 Å². The molecule has 0 saturated heterocycles. The number of carbonyl (C=O) groups excluding carboxylic acids is 2. The first-order valence-corrected chi connectivity index (χ1v) is 11.0. The minimum atomic E-state index is -1.02. The van der Waals surface area contributed by atoms with Gasteiger partial charge in [-0.1, -0.05) is 43.3 Å². The summed E-state index contributed by atoms with van der Waals surface area (Å²) in [5.41, 5.74) is 3.08. The van der Waals surface area contributed by atoms with Crippen LogP contribution in [0.3, 0.4) is 0 Å². The summed E-state index contributed by atoms with van der Waals surface area (Å²) in [6, 6.07) is 18.9. The summed E-state index contributed by atoms with van der Waals surface area (Å²) in [5, 5.41) is 2.97. The molecule has 1 N–H and O–H groups in total. The second-order valence-corrected chi connectivity index (χ2v) is 8.36. The molecule has 0 aromatic heterocycles.